The standard InChI is InChI=1S/C19H23N3O3/c1-4-25-19(24)16-7-5-6-8-17(16)20-13-18(23)21-14-9-11-15(12-10-14)22(2)3/h5-12,20H,4,13H2,1-3H3,(H,21,23). The van der Waals surface area contributed by atoms with Crippen molar-refractivity contribution < 1.29 is 14.3 Å². The molecule has 0 saturated carbocycles. The van der Waals surface area contributed by atoms with Gasteiger partial charge in [0.1, 0.15) is 0 Å². The fraction of sp³-hybridized carbons (Fsp3) is 0.263. The summed E-state index contributed by atoms with van der Waals surface area (Å²) in [5.41, 5.74) is 2.75. The van der Waals surface area contributed by atoms with Crippen LogP contribution in [0.25, 0.3) is 0 Å². The molecule has 2 aromatic rings. The second kappa shape index (κ2) is 8.73. The summed E-state index contributed by atoms with van der Waals surface area (Å²) in [6, 6.07) is 14.5. The monoisotopic (exact) mass is 341 g/mol. The van der Waals surface area contributed by atoms with E-state index in [0.29, 0.717) is 17.9 Å². The van der Waals surface area contributed by atoms with E-state index < -0.39 is 5.97 Å². The zero-order chi connectivity index (χ0) is 18.2. The molecule has 132 valence electrons. The van der Waals surface area contributed by atoms with Crippen molar-refractivity contribution in [3.05, 3.63) is 54.1 Å². The normalized spacial score (nSPS) is 10.0. The van der Waals surface area contributed by atoms with Crippen molar-refractivity contribution in [2.45, 2.75) is 6.92 Å². The summed E-state index contributed by atoms with van der Waals surface area (Å²) in [6.07, 6.45) is 0. The van der Waals surface area contributed by atoms with Gasteiger partial charge in [-0.05, 0) is 43.3 Å². The Labute approximate surface area is 147 Å². The van der Waals surface area contributed by atoms with Gasteiger partial charge in [-0.3, -0.25) is 4.79 Å². The predicted molar refractivity (Wildman–Crippen MR) is 100 cm³/mol. The van der Waals surface area contributed by atoms with Crippen LogP contribution in [0.3, 0.4) is 0 Å². The third-order valence-electron chi connectivity index (χ3n) is 3.53. The molecule has 2 rings (SSSR count). The van der Waals surface area contributed by atoms with Crippen LogP contribution in [-0.4, -0.2) is 39.1 Å². The smallest absolute Gasteiger partial charge is 0.340 e. The molecular weight excluding hydrogens is 318 g/mol. The van der Waals surface area contributed by atoms with E-state index in [9.17, 15) is 9.59 Å². The van der Waals surface area contributed by atoms with Crippen molar-refractivity contribution in [1.29, 1.82) is 0 Å². The van der Waals surface area contributed by atoms with E-state index >= 15 is 0 Å². The van der Waals surface area contributed by atoms with Gasteiger partial charge in [0.25, 0.3) is 0 Å². The van der Waals surface area contributed by atoms with Crippen LogP contribution in [0.2, 0.25) is 0 Å². The molecule has 6 nitrogen and oxygen atoms in total. The van der Waals surface area contributed by atoms with Gasteiger partial charge in [0.2, 0.25) is 5.91 Å². The third kappa shape index (κ3) is 5.24. The maximum Gasteiger partial charge on any atom is 0.340 e. The molecular formula is C19H23N3O3. The Hall–Kier alpha value is -3.02. The minimum absolute atomic E-state index is 0.0475. The molecule has 0 aliphatic heterocycles. The summed E-state index contributed by atoms with van der Waals surface area (Å²) in [7, 11) is 3.91. The lowest BCUT2D eigenvalue weighted by atomic mass is 10.2. The Balaban J connectivity index is 1.95. The number of ether oxygens (including phenoxy) is 1. The molecule has 0 atom stereocenters. The predicted octanol–water partition coefficient (Wildman–Crippen LogP) is 2.98. The van der Waals surface area contributed by atoms with E-state index in [4.69, 9.17) is 4.74 Å². The summed E-state index contributed by atoms with van der Waals surface area (Å²) in [6.45, 7) is 2.10. The lowest BCUT2D eigenvalue weighted by Crippen LogP contribution is -2.22. The highest BCUT2D eigenvalue weighted by Gasteiger charge is 2.12. The van der Waals surface area contributed by atoms with Gasteiger partial charge in [-0.1, -0.05) is 12.1 Å². The maximum absolute atomic E-state index is 12.1. The number of para-hydroxylation sites is 1. The van der Waals surface area contributed by atoms with Gasteiger partial charge >= 0.3 is 5.97 Å². The first-order valence-corrected chi connectivity index (χ1v) is 8.08. The van der Waals surface area contributed by atoms with Crippen molar-refractivity contribution >= 4 is 28.9 Å². The van der Waals surface area contributed by atoms with Crippen LogP contribution in [0.1, 0.15) is 17.3 Å². The molecule has 6 heteroatoms. The third-order valence-corrected chi connectivity index (χ3v) is 3.53. The average molecular weight is 341 g/mol. The van der Waals surface area contributed by atoms with Crippen LogP contribution in [0, 0.1) is 0 Å². The highest BCUT2D eigenvalue weighted by Crippen LogP contribution is 2.17. The van der Waals surface area contributed by atoms with Crippen LogP contribution < -0.4 is 15.5 Å². The summed E-state index contributed by atoms with van der Waals surface area (Å²) in [5.74, 6) is -0.610. The number of nitrogens with zero attached hydrogens (tertiary/aromatic N) is 1. The number of amides is 1. The highest BCUT2D eigenvalue weighted by atomic mass is 16.5. The van der Waals surface area contributed by atoms with Crippen LogP contribution in [0.15, 0.2) is 48.5 Å². The van der Waals surface area contributed by atoms with Gasteiger partial charge in [0.05, 0.1) is 18.7 Å². The number of hydrogen-bond acceptors (Lipinski definition) is 5. The van der Waals surface area contributed by atoms with Gasteiger partial charge in [-0.2, -0.15) is 0 Å². The number of nitrogens with one attached hydrogen (secondary N) is 2. The van der Waals surface area contributed by atoms with E-state index in [-0.39, 0.29) is 12.5 Å². The second-order valence-electron chi connectivity index (χ2n) is 5.61. The molecule has 0 aromatic heterocycles. The number of rotatable bonds is 7. The molecule has 0 aliphatic carbocycles. The number of benzene rings is 2. The molecule has 25 heavy (non-hydrogen) atoms. The Morgan fingerprint density at radius 1 is 1.04 bits per heavy atom. The average Bonchev–Trinajstić information content (AvgIpc) is 2.61. The van der Waals surface area contributed by atoms with Crippen LogP contribution >= 0.6 is 0 Å². The Kier molecular flexibility index (Phi) is 6.39. The van der Waals surface area contributed by atoms with E-state index in [0.717, 1.165) is 11.4 Å². The van der Waals surface area contributed by atoms with Gasteiger partial charge in [-0.25, -0.2) is 4.79 Å². The first kappa shape index (κ1) is 18.3. The number of carbonyl (C=O) groups excluding carboxylic acids is 2. The summed E-state index contributed by atoms with van der Waals surface area (Å²) >= 11 is 0. The molecule has 2 aromatic carbocycles. The molecule has 0 heterocycles. The van der Waals surface area contributed by atoms with Crippen LogP contribution in [0.4, 0.5) is 17.1 Å². The Morgan fingerprint density at radius 3 is 2.36 bits per heavy atom. The van der Waals surface area contributed by atoms with Crippen LogP contribution in [0.5, 0.6) is 0 Å². The minimum Gasteiger partial charge on any atom is -0.462 e. The molecule has 0 fully saturated rings. The van der Waals surface area contributed by atoms with E-state index in [2.05, 4.69) is 10.6 Å². The first-order valence-electron chi connectivity index (χ1n) is 8.08. The topological polar surface area (TPSA) is 70.7 Å². The van der Waals surface area contributed by atoms with E-state index in [1.165, 1.54) is 0 Å². The van der Waals surface area contributed by atoms with Crippen molar-refractivity contribution in [2.24, 2.45) is 0 Å². The van der Waals surface area contributed by atoms with E-state index in [1.54, 1.807) is 31.2 Å². The highest BCUT2D eigenvalue weighted by molar-refractivity contribution is 5.98. The SMILES string of the molecule is CCOC(=O)c1ccccc1NCC(=O)Nc1ccc(N(C)C)cc1. The van der Waals surface area contributed by atoms with Gasteiger partial charge in [-0.15, -0.1) is 0 Å². The lowest BCUT2D eigenvalue weighted by Gasteiger charge is -2.14. The maximum atomic E-state index is 12.1. The molecule has 0 aliphatic rings. The quantitative estimate of drug-likeness (QED) is 0.758. The fourth-order valence-corrected chi connectivity index (χ4v) is 2.25. The van der Waals surface area contributed by atoms with Gasteiger partial charge in [0, 0.05) is 31.2 Å². The number of hydrogen-bond donors (Lipinski definition) is 2. The second-order valence-corrected chi connectivity index (χ2v) is 5.61. The lowest BCUT2D eigenvalue weighted by molar-refractivity contribution is -0.114. The number of anilines is 3. The largest absolute Gasteiger partial charge is 0.462 e. The van der Waals surface area contributed by atoms with Gasteiger partial charge < -0.3 is 20.3 Å². The fourth-order valence-electron chi connectivity index (χ4n) is 2.25. The van der Waals surface area contributed by atoms with Crippen molar-refractivity contribution in [3.8, 4) is 0 Å². The summed E-state index contributed by atoms with van der Waals surface area (Å²) in [4.78, 5) is 26.0. The zero-order valence-corrected chi connectivity index (χ0v) is 14.7. The minimum atomic E-state index is -0.412. The Morgan fingerprint density at radius 2 is 1.72 bits per heavy atom. The van der Waals surface area contributed by atoms with Gasteiger partial charge in [0.15, 0.2) is 0 Å². The molecule has 1 amide bonds. The van der Waals surface area contributed by atoms with Crippen LogP contribution in [-0.2, 0) is 9.53 Å². The zero-order valence-electron chi connectivity index (χ0n) is 14.7. The first-order chi connectivity index (χ1) is 12.0. The molecule has 0 radical (unpaired) electrons. The molecule has 0 unspecified atom stereocenters. The number of esters is 1. The van der Waals surface area contributed by atoms with Crippen molar-refractivity contribution in [1.82, 2.24) is 0 Å². The summed E-state index contributed by atoms with van der Waals surface area (Å²) in [5, 5.41) is 5.80. The molecule has 2 N–H and O–H groups in total. The van der Waals surface area contributed by atoms with Crippen molar-refractivity contribution in [2.75, 3.05) is 42.8 Å². The van der Waals surface area contributed by atoms with Crippen molar-refractivity contribution in [3.63, 3.8) is 0 Å². The number of carbonyl (C=O) groups is 2. The molecule has 0 saturated heterocycles. The molecule has 0 spiro atoms. The Bertz CT molecular complexity index is 727. The summed E-state index contributed by atoms with van der Waals surface area (Å²) < 4.78 is 5.02. The van der Waals surface area contributed by atoms with E-state index in [1.807, 2.05) is 43.3 Å². The molecule has 0 bridgehead atoms.